The fourth-order valence-corrected chi connectivity index (χ4v) is 3.22. The number of benzene rings is 1. The Bertz CT molecular complexity index is 935. The topological polar surface area (TPSA) is 55.1 Å². The highest BCUT2D eigenvalue weighted by molar-refractivity contribution is 9.10. The summed E-state index contributed by atoms with van der Waals surface area (Å²) in [6.45, 7) is -0.0370. The molecule has 0 saturated carbocycles. The maximum Gasteiger partial charge on any atom is 0.416 e. The molecule has 0 amide bonds. The van der Waals surface area contributed by atoms with E-state index in [4.69, 9.17) is 0 Å². The quantitative estimate of drug-likeness (QED) is 0.703. The van der Waals surface area contributed by atoms with Crippen molar-refractivity contribution in [2.75, 3.05) is 0 Å². The van der Waals surface area contributed by atoms with Crippen molar-refractivity contribution in [1.82, 2.24) is 9.55 Å². The summed E-state index contributed by atoms with van der Waals surface area (Å²) >= 11 is 3.24. The van der Waals surface area contributed by atoms with Crippen molar-refractivity contribution < 1.29 is 23.1 Å². The molecule has 0 aliphatic rings. The second kappa shape index (κ2) is 5.94. The predicted molar refractivity (Wildman–Crippen MR) is 84.9 cm³/mol. The van der Waals surface area contributed by atoms with E-state index >= 15 is 0 Å². The van der Waals surface area contributed by atoms with Gasteiger partial charge in [-0.2, -0.15) is 13.2 Å². The van der Waals surface area contributed by atoms with Gasteiger partial charge in [-0.25, -0.2) is 9.78 Å². The van der Waals surface area contributed by atoms with Crippen molar-refractivity contribution in [2.24, 2.45) is 0 Å². The number of aromatic nitrogens is 2. The lowest BCUT2D eigenvalue weighted by Gasteiger charge is -2.11. The smallest absolute Gasteiger partial charge is 0.416 e. The number of alkyl halides is 3. The molecule has 3 aromatic rings. The van der Waals surface area contributed by atoms with E-state index in [1.54, 1.807) is 12.1 Å². The largest absolute Gasteiger partial charge is 0.477 e. The number of pyridine rings is 1. The number of halogens is 4. The van der Waals surface area contributed by atoms with E-state index in [2.05, 4.69) is 20.9 Å². The molecule has 0 aliphatic heterocycles. The Morgan fingerprint density at radius 3 is 2.67 bits per heavy atom. The van der Waals surface area contributed by atoms with Gasteiger partial charge in [-0.05, 0) is 45.8 Å². The second-order valence-corrected chi connectivity index (χ2v) is 5.92. The number of carboxylic acids is 1. The van der Waals surface area contributed by atoms with E-state index in [-0.39, 0.29) is 12.2 Å². The molecular weight excluding hydrogens is 389 g/mol. The maximum atomic E-state index is 12.9. The lowest BCUT2D eigenvalue weighted by molar-refractivity contribution is -0.137. The standard InChI is InChI=1S/C16H10BrF3N2O2/c17-12-11-5-2-6-21-14(11)22(13(12)15(23)24)8-9-3-1-4-10(7-9)16(18,19)20/h1-7H,8H2,(H,23,24). The number of rotatable bonds is 3. The summed E-state index contributed by atoms with van der Waals surface area (Å²) in [6, 6.07) is 8.16. The van der Waals surface area contributed by atoms with Gasteiger partial charge in [0, 0.05) is 18.1 Å². The van der Waals surface area contributed by atoms with Crippen LogP contribution in [0.3, 0.4) is 0 Å². The van der Waals surface area contributed by atoms with E-state index in [1.165, 1.54) is 22.9 Å². The summed E-state index contributed by atoms with van der Waals surface area (Å²) in [5.41, 5.74) is -0.108. The van der Waals surface area contributed by atoms with Crippen LogP contribution in [0.25, 0.3) is 11.0 Å². The fraction of sp³-hybridized carbons (Fsp3) is 0.125. The highest BCUT2D eigenvalue weighted by Gasteiger charge is 2.30. The molecule has 0 spiro atoms. The minimum atomic E-state index is -4.46. The normalized spacial score (nSPS) is 11.8. The monoisotopic (exact) mass is 398 g/mol. The first-order valence-electron chi connectivity index (χ1n) is 6.81. The van der Waals surface area contributed by atoms with E-state index < -0.39 is 17.7 Å². The minimum absolute atomic E-state index is 0.0370. The van der Waals surface area contributed by atoms with Crippen LogP contribution < -0.4 is 0 Å². The number of fused-ring (bicyclic) bond motifs is 1. The Morgan fingerprint density at radius 1 is 1.25 bits per heavy atom. The van der Waals surface area contributed by atoms with Gasteiger partial charge in [0.05, 0.1) is 10.0 Å². The highest BCUT2D eigenvalue weighted by atomic mass is 79.9. The van der Waals surface area contributed by atoms with Crippen LogP contribution in [0.5, 0.6) is 0 Å². The fourth-order valence-electron chi connectivity index (χ4n) is 2.53. The van der Waals surface area contributed by atoms with Gasteiger partial charge in [-0.15, -0.1) is 0 Å². The molecule has 124 valence electrons. The second-order valence-electron chi connectivity index (χ2n) is 5.13. The number of hydrogen-bond acceptors (Lipinski definition) is 2. The molecule has 0 unspecified atom stereocenters. The van der Waals surface area contributed by atoms with E-state index in [9.17, 15) is 23.1 Å². The summed E-state index contributed by atoms with van der Waals surface area (Å²) in [5, 5.41) is 10.0. The average Bonchev–Trinajstić information content (AvgIpc) is 2.80. The van der Waals surface area contributed by atoms with Crippen LogP contribution in [0.15, 0.2) is 47.1 Å². The van der Waals surface area contributed by atoms with Crippen LogP contribution in [0, 0.1) is 0 Å². The summed E-state index contributed by atoms with van der Waals surface area (Å²) in [4.78, 5) is 15.7. The Balaban J connectivity index is 2.14. The third-order valence-electron chi connectivity index (χ3n) is 3.55. The zero-order chi connectivity index (χ0) is 17.5. The van der Waals surface area contributed by atoms with Gasteiger partial charge >= 0.3 is 12.1 Å². The molecule has 1 aromatic carbocycles. The first-order valence-corrected chi connectivity index (χ1v) is 7.60. The molecule has 0 radical (unpaired) electrons. The van der Waals surface area contributed by atoms with Crippen LogP contribution in [0.2, 0.25) is 0 Å². The molecule has 0 bridgehead atoms. The summed E-state index contributed by atoms with van der Waals surface area (Å²) in [5.74, 6) is -1.19. The van der Waals surface area contributed by atoms with Crippen molar-refractivity contribution >= 4 is 32.9 Å². The van der Waals surface area contributed by atoms with Gasteiger partial charge in [0.25, 0.3) is 0 Å². The molecule has 0 fully saturated rings. The third-order valence-corrected chi connectivity index (χ3v) is 4.36. The van der Waals surface area contributed by atoms with Crippen LogP contribution in [-0.4, -0.2) is 20.6 Å². The predicted octanol–water partition coefficient (Wildman–Crippen LogP) is 4.56. The molecule has 2 heterocycles. The van der Waals surface area contributed by atoms with Crippen molar-refractivity contribution in [3.8, 4) is 0 Å². The molecule has 3 rings (SSSR count). The van der Waals surface area contributed by atoms with Crippen molar-refractivity contribution in [3.63, 3.8) is 0 Å². The average molecular weight is 399 g/mol. The van der Waals surface area contributed by atoms with Gasteiger partial charge in [0.1, 0.15) is 11.3 Å². The van der Waals surface area contributed by atoms with Gasteiger partial charge in [-0.1, -0.05) is 12.1 Å². The molecule has 0 atom stereocenters. The van der Waals surface area contributed by atoms with E-state index in [0.717, 1.165) is 12.1 Å². The minimum Gasteiger partial charge on any atom is -0.477 e. The van der Waals surface area contributed by atoms with Crippen molar-refractivity contribution in [1.29, 1.82) is 0 Å². The number of aromatic carboxylic acids is 1. The summed E-state index contributed by atoms with van der Waals surface area (Å²) in [6.07, 6.45) is -2.95. The first kappa shape index (κ1) is 16.5. The zero-order valence-corrected chi connectivity index (χ0v) is 13.6. The van der Waals surface area contributed by atoms with E-state index in [1.807, 2.05) is 0 Å². The Kier molecular flexibility index (Phi) is 4.08. The summed E-state index contributed by atoms with van der Waals surface area (Å²) in [7, 11) is 0. The first-order chi connectivity index (χ1) is 11.3. The van der Waals surface area contributed by atoms with Gasteiger partial charge in [0.15, 0.2) is 0 Å². The molecule has 0 saturated heterocycles. The SMILES string of the molecule is O=C(O)c1c(Br)c2cccnc2n1Cc1cccc(C(F)(F)F)c1. The van der Waals surface area contributed by atoms with Crippen LogP contribution in [-0.2, 0) is 12.7 Å². The Hall–Kier alpha value is -2.35. The van der Waals surface area contributed by atoms with Crippen LogP contribution >= 0.6 is 15.9 Å². The highest BCUT2D eigenvalue weighted by Crippen LogP contribution is 2.32. The molecule has 1 N–H and O–H groups in total. The summed E-state index contributed by atoms with van der Waals surface area (Å²) < 4.78 is 40.3. The molecule has 8 heteroatoms. The van der Waals surface area contributed by atoms with Gasteiger partial charge in [0.2, 0.25) is 0 Å². The van der Waals surface area contributed by atoms with Gasteiger partial charge < -0.3 is 9.67 Å². The van der Waals surface area contributed by atoms with Gasteiger partial charge in [-0.3, -0.25) is 0 Å². The number of carbonyl (C=O) groups is 1. The van der Waals surface area contributed by atoms with Crippen molar-refractivity contribution in [2.45, 2.75) is 12.7 Å². The molecule has 2 aromatic heterocycles. The third kappa shape index (κ3) is 2.89. The molecule has 4 nitrogen and oxygen atoms in total. The Labute approximate surface area is 142 Å². The molecule has 24 heavy (non-hydrogen) atoms. The number of carboxylic acid groups (broad SMARTS) is 1. The van der Waals surface area contributed by atoms with Crippen LogP contribution in [0.1, 0.15) is 21.6 Å². The molecular formula is C16H10BrF3N2O2. The lowest BCUT2D eigenvalue weighted by Crippen LogP contribution is -2.11. The van der Waals surface area contributed by atoms with Crippen molar-refractivity contribution in [3.05, 3.63) is 63.9 Å². The van der Waals surface area contributed by atoms with Crippen LogP contribution in [0.4, 0.5) is 13.2 Å². The molecule has 0 aliphatic carbocycles. The number of nitrogens with zero attached hydrogens (tertiary/aromatic N) is 2. The lowest BCUT2D eigenvalue weighted by atomic mass is 10.1. The Morgan fingerprint density at radius 2 is 2.00 bits per heavy atom. The van der Waals surface area contributed by atoms with E-state index in [0.29, 0.717) is 21.1 Å². The number of hydrogen-bond donors (Lipinski definition) is 1. The maximum absolute atomic E-state index is 12.9. The zero-order valence-electron chi connectivity index (χ0n) is 12.0.